The molecule has 0 aliphatic carbocycles. The Morgan fingerprint density at radius 2 is 1.38 bits per heavy atom. The molecule has 0 aromatic heterocycles. The highest BCUT2D eigenvalue weighted by molar-refractivity contribution is 9.10. The molecule has 0 bridgehead atoms. The van der Waals surface area contributed by atoms with Gasteiger partial charge in [0.05, 0.1) is 17.4 Å². The molecule has 24 heavy (non-hydrogen) atoms. The van der Waals surface area contributed by atoms with Crippen LogP contribution in [0.4, 0.5) is 5.69 Å². The van der Waals surface area contributed by atoms with Crippen molar-refractivity contribution in [1.29, 1.82) is 0 Å². The third-order valence-corrected chi connectivity index (χ3v) is 4.70. The Morgan fingerprint density at radius 1 is 0.750 bits per heavy atom. The fourth-order valence-corrected chi connectivity index (χ4v) is 3.23. The molecule has 0 fully saturated rings. The summed E-state index contributed by atoms with van der Waals surface area (Å²) >= 11 is 3.52. The smallest absolute Gasteiger partial charge is 0.0958 e. The van der Waals surface area contributed by atoms with Gasteiger partial charge in [0.15, 0.2) is 0 Å². The molecule has 1 aliphatic rings. The number of hydrazine groups is 1. The van der Waals surface area contributed by atoms with Crippen molar-refractivity contribution < 1.29 is 0 Å². The molecule has 1 unspecified atom stereocenters. The first-order valence-electron chi connectivity index (χ1n) is 7.95. The van der Waals surface area contributed by atoms with Gasteiger partial charge in [-0.3, -0.25) is 10.4 Å². The lowest BCUT2D eigenvalue weighted by Gasteiger charge is -2.27. The Hall–Kier alpha value is -2.52. The molecule has 3 aromatic carbocycles. The molecule has 3 heteroatoms. The maximum Gasteiger partial charge on any atom is 0.0958 e. The van der Waals surface area contributed by atoms with E-state index in [1.807, 2.05) is 12.1 Å². The van der Waals surface area contributed by atoms with E-state index in [4.69, 9.17) is 0 Å². The van der Waals surface area contributed by atoms with Crippen LogP contribution in [0.25, 0.3) is 5.70 Å². The number of hydrogen-bond acceptors (Lipinski definition) is 2. The Balaban J connectivity index is 1.75. The summed E-state index contributed by atoms with van der Waals surface area (Å²) in [6.45, 7) is 0. The summed E-state index contributed by atoms with van der Waals surface area (Å²) in [5.74, 6) is 0. The molecule has 0 radical (unpaired) electrons. The minimum Gasteiger partial charge on any atom is -0.297 e. The van der Waals surface area contributed by atoms with Crippen LogP contribution in [0.2, 0.25) is 0 Å². The van der Waals surface area contributed by atoms with Crippen LogP contribution in [0, 0.1) is 0 Å². The summed E-state index contributed by atoms with van der Waals surface area (Å²) in [5, 5.41) is 2.21. The first-order valence-corrected chi connectivity index (χ1v) is 8.74. The van der Waals surface area contributed by atoms with Crippen LogP contribution < -0.4 is 10.4 Å². The van der Waals surface area contributed by atoms with Crippen LogP contribution in [0.5, 0.6) is 0 Å². The fraction of sp³-hybridized carbons (Fsp3) is 0.0476. The van der Waals surface area contributed by atoms with Crippen LogP contribution in [0.1, 0.15) is 17.2 Å². The molecular weight excluding hydrogens is 360 g/mol. The molecule has 0 amide bonds. The Morgan fingerprint density at radius 3 is 2.04 bits per heavy atom. The van der Waals surface area contributed by atoms with E-state index < -0.39 is 0 Å². The topological polar surface area (TPSA) is 15.3 Å². The molecular formula is C21H17BrN2. The van der Waals surface area contributed by atoms with Gasteiger partial charge in [0.1, 0.15) is 0 Å². The number of hydrogen-bond donors (Lipinski definition) is 1. The molecule has 2 nitrogen and oxygen atoms in total. The predicted molar refractivity (Wildman–Crippen MR) is 103 cm³/mol. The van der Waals surface area contributed by atoms with Gasteiger partial charge in [-0.15, -0.1) is 0 Å². The SMILES string of the molecule is Brc1ccc(C2C=C(c3ccccc3)NN2c2ccccc2)cc1. The van der Waals surface area contributed by atoms with Crippen molar-refractivity contribution in [2.24, 2.45) is 0 Å². The van der Waals surface area contributed by atoms with E-state index in [1.54, 1.807) is 0 Å². The van der Waals surface area contributed by atoms with Gasteiger partial charge < -0.3 is 0 Å². The van der Waals surface area contributed by atoms with Crippen molar-refractivity contribution in [3.63, 3.8) is 0 Å². The minimum absolute atomic E-state index is 0.149. The number of benzene rings is 3. The van der Waals surface area contributed by atoms with Crippen LogP contribution in [-0.2, 0) is 0 Å². The number of halogens is 1. The van der Waals surface area contributed by atoms with Crippen LogP contribution in [-0.4, -0.2) is 0 Å². The molecule has 0 spiro atoms. The van der Waals surface area contributed by atoms with E-state index in [-0.39, 0.29) is 6.04 Å². The first-order chi connectivity index (χ1) is 11.8. The lowest BCUT2D eigenvalue weighted by Crippen LogP contribution is -2.33. The summed E-state index contributed by atoms with van der Waals surface area (Å²) in [4.78, 5) is 0. The quantitative estimate of drug-likeness (QED) is 0.643. The van der Waals surface area contributed by atoms with Crippen molar-refractivity contribution in [3.05, 3.63) is 107 Å². The Labute approximate surface area is 150 Å². The zero-order valence-corrected chi connectivity index (χ0v) is 14.6. The summed E-state index contributed by atoms with van der Waals surface area (Å²) in [6.07, 6.45) is 2.28. The van der Waals surface area contributed by atoms with Crippen molar-refractivity contribution >= 4 is 27.3 Å². The van der Waals surface area contributed by atoms with E-state index in [2.05, 4.69) is 105 Å². The van der Waals surface area contributed by atoms with E-state index in [9.17, 15) is 0 Å². The minimum atomic E-state index is 0.149. The molecule has 118 valence electrons. The molecule has 4 rings (SSSR count). The zero-order chi connectivity index (χ0) is 16.4. The first kappa shape index (κ1) is 15.0. The second-order valence-corrected chi connectivity index (χ2v) is 6.68. The lowest BCUT2D eigenvalue weighted by molar-refractivity contribution is 0.724. The normalized spacial score (nSPS) is 16.6. The Bertz CT molecular complexity index is 842. The third kappa shape index (κ3) is 2.95. The van der Waals surface area contributed by atoms with Crippen molar-refractivity contribution in [2.45, 2.75) is 6.04 Å². The van der Waals surface area contributed by atoms with Gasteiger partial charge in [-0.2, -0.15) is 0 Å². The van der Waals surface area contributed by atoms with Crippen LogP contribution in [0.15, 0.2) is 95.5 Å². The second-order valence-electron chi connectivity index (χ2n) is 5.76. The highest BCUT2D eigenvalue weighted by atomic mass is 79.9. The Kier molecular flexibility index (Phi) is 4.09. The zero-order valence-electron chi connectivity index (χ0n) is 13.1. The second kappa shape index (κ2) is 6.54. The maximum absolute atomic E-state index is 3.57. The van der Waals surface area contributed by atoms with Crippen LogP contribution >= 0.6 is 15.9 Å². The average Bonchev–Trinajstić information content (AvgIpc) is 3.09. The van der Waals surface area contributed by atoms with Gasteiger partial charge in [-0.05, 0) is 41.5 Å². The number of para-hydroxylation sites is 1. The van der Waals surface area contributed by atoms with Crippen LogP contribution in [0.3, 0.4) is 0 Å². The summed E-state index contributed by atoms with van der Waals surface area (Å²) < 4.78 is 1.09. The average molecular weight is 377 g/mol. The van der Waals surface area contributed by atoms with Gasteiger partial charge in [-0.1, -0.05) is 76.6 Å². The maximum atomic E-state index is 3.57. The molecule has 1 atom stereocenters. The van der Waals surface area contributed by atoms with E-state index >= 15 is 0 Å². The predicted octanol–water partition coefficient (Wildman–Crippen LogP) is 5.56. The van der Waals surface area contributed by atoms with Gasteiger partial charge in [-0.25, -0.2) is 0 Å². The largest absolute Gasteiger partial charge is 0.297 e. The van der Waals surface area contributed by atoms with E-state index in [1.165, 1.54) is 11.1 Å². The van der Waals surface area contributed by atoms with Gasteiger partial charge in [0, 0.05) is 4.47 Å². The molecule has 3 aromatic rings. The highest BCUT2D eigenvalue weighted by Gasteiger charge is 2.26. The standard InChI is InChI=1S/C21H17BrN2/c22-18-13-11-17(12-14-18)21-15-20(16-7-3-1-4-8-16)23-24(21)19-9-5-2-6-10-19/h1-15,21,23H. The van der Waals surface area contributed by atoms with Gasteiger partial charge in [0.2, 0.25) is 0 Å². The van der Waals surface area contributed by atoms with E-state index in [0.29, 0.717) is 0 Å². The number of nitrogens with zero attached hydrogens (tertiary/aromatic N) is 1. The van der Waals surface area contributed by atoms with E-state index in [0.717, 1.165) is 15.9 Å². The molecule has 1 aliphatic heterocycles. The monoisotopic (exact) mass is 376 g/mol. The summed E-state index contributed by atoms with van der Waals surface area (Å²) in [7, 11) is 0. The highest BCUT2D eigenvalue weighted by Crippen LogP contribution is 2.35. The molecule has 1 N–H and O–H groups in total. The van der Waals surface area contributed by atoms with Crippen molar-refractivity contribution in [3.8, 4) is 0 Å². The van der Waals surface area contributed by atoms with Crippen molar-refractivity contribution in [1.82, 2.24) is 5.43 Å². The number of nitrogens with one attached hydrogen (secondary N) is 1. The molecule has 0 saturated carbocycles. The number of anilines is 1. The summed E-state index contributed by atoms with van der Waals surface area (Å²) in [6, 6.07) is 29.5. The van der Waals surface area contributed by atoms with Gasteiger partial charge >= 0.3 is 0 Å². The molecule has 1 heterocycles. The van der Waals surface area contributed by atoms with Gasteiger partial charge in [0.25, 0.3) is 0 Å². The lowest BCUT2D eigenvalue weighted by atomic mass is 10.0. The fourth-order valence-electron chi connectivity index (χ4n) is 2.97. The third-order valence-electron chi connectivity index (χ3n) is 4.17. The summed E-state index contributed by atoms with van der Waals surface area (Å²) in [5.41, 5.74) is 8.29. The number of rotatable bonds is 3. The molecule has 0 saturated heterocycles. The van der Waals surface area contributed by atoms with Crippen molar-refractivity contribution in [2.75, 3.05) is 5.01 Å².